The highest BCUT2D eigenvalue weighted by Crippen LogP contribution is 2.37. The fourth-order valence-electron chi connectivity index (χ4n) is 3.58. The van der Waals surface area contributed by atoms with Crippen LogP contribution in [-0.2, 0) is 13.2 Å². The van der Waals surface area contributed by atoms with E-state index in [0.717, 1.165) is 17.7 Å². The van der Waals surface area contributed by atoms with Crippen LogP contribution in [0.2, 0.25) is 5.02 Å². The van der Waals surface area contributed by atoms with Crippen molar-refractivity contribution in [3.8, 4) is 11.5 Å². The van der Waals surface area contributed by atoms with E-state index < -0.39 is 0 Å². The number of hydrogen-bond donors (Lipinski definition) is 1. The van der Waals surface area contributed by atoms with Crippen molar-refractivity contribution in [1.82, 2.24) is 10.3 Å². The van der Waals surface area contributed by atoms with Crippen molar-refractivity contribution in [2.45, 2.75) is 64.1 Å². The molecule has 146 valence electrons. The Kier molecular flexibility index (Phi) is 7.79. The van der Waals surface area contributed by atoms with Gasteiger partial charge >= 0.3 is 0 Å². The first-order chi connectivity index (χ1) is 13.3. The molecule has 0 aliphatic heterocycles. The van der Waals surface area contributed by atoms with Crippen LogP contribution < -0.4 is 14.8 Å². The molecule has 0 saturated heterocycles. The second-order valence-corrected chi connectivity index (χ2v) is 7.59. The van der Waals surface area contributed by atoms with Gasteiger partial charge in [0.2, 0.25) is 0 Å². The molecule has 1 saturated carbocycles. The summed E-state index contributed by atoms with van der Waals surface area (Å²) in [5.41, 5.74) is 2.11. The highest BCUT2D eigenvalue weighted by atomic mass is 35.5. The first kappa shape index (κ1) is 20.0. The van der Waals surface area contributed by atoms with Gasteiger partial charge in [-0.1, -0.05) is 49.8 Å². The van der Waals surface area contributed by atoms with Gasteiger partial charge in [-0.25, -0.2) is 0 Å². The number of rotatable bonds is 7. The molecular weight excluding hydrogens is 360 g/mol. The Morgan fingerprint density at radius 2 is 1.89 bits per heavy atom. The molecule has 1 N–H and O–H groups in total. The maximum absolute atomic E-state index is 6.50. The molecule has 0 amide bonds. The Bertz CT molecular complexity index is 701. The third-order valence-corrected chi connectivity index (χ3v) is 5.38. The van der Waals surface area contributed by atoms with Gasteiger partial charge in [0.05, 0.1) is 12.1 Å². The summed E-state index contributed by atoms with van der Waals surface area (Å²) in [6.07, 6.45) is 12.8. The lowest BCUT2D eigenvalue weighted by atomic mass is 9.96. The highest BCUT2D eigenvalue weighted by Gasteiger charge is 2.15. The van der Waals surface area contributed by atoms with E-state index in [1.165, 1.54) is 44.9 Å². The number of methoxy groups -OCH3 is 1. The predicted molar refractivity (Wildman–Crippen MR) is 110 cm³/mol. The van der Waals surface area contributed by atoms with Crippen LogP contribution in [0.15, 0.2) is 36.7 Å². The molecule has 1 aromatic heterocycles. The zero-order chi connectivity index (χ0) is 18.9. The molecule has 1 aromatic carbocycles. The molecule has 4 nitrogen and oxygen atoms in total. The zero-order valence-corrected chi connectivity index (χ0v) is 16.8. The van der Waals surface area contributed by atoms with E-state index in [2.05, 4.69) is 10.3 Å². The number of aromatic nitrogens is 1. The fourth-order valence-corrected chi connectivity index (χ4v) is 3.86. The van der Waals surface area contributed by atoms with Crippen molar-refractivity contribution >= 4 is 11.6 Å². The molecule has 1 aliphatic carbocycles. The molecule has 3 rings (SSSR count). The van der Waals surface area contributed by atoms with Gasteiger partial charge in [0.15, 0.2) is 11.5 Å². The van der Waals surface area contributed by atoms with Crippen molar-refractivity contribution in [3.63, 3.8) is 0 Å². The Labute approximate surface area is 167 Å². The molecule has 0 spiro atoms. The maximum atomic E-state index is 6.50. The van der Waals surface area contributed by atoms with Crippen molar-refractivity contribution in [1.29, 1.82) is 0 Å². The normalized spacial score (nSPS) is 15.8. The van der Waals surface area contributed by atoms with Crippen LogP contribution in [-0.4, -0.2) is 18.1 Å². The van der Waals surface area contributed by atoms with E-state index in [-0.39, 0.29) is 0 Å². The minimum absolute atomic E-state index is 0.406. The number of pyridine rings is 1. The van der Waals surface area contributed by atoms with Gasteiger partial charge in [-0.05, 0) is 36.6 Å². The van der Waals surface area contributed by atoms with E-state index in [4.69, 9.17) is 21.1 Å². The van der Waals surface area contributed by atoms with E-state index >= 15 is 0 Å². The van der Waals surface area contributed by atoms with Crippen LogP contribution in [0, 0.1) is 0 Å². The van der Waals surface area contributed by atoms with Crippen LogP contribution in [0.25, 0.3) is 0 Å². The summed E-state index contributed by atoms with van der Waals surface area (Å²) in [6.45, 7) is 1.20. The van der Waals surface area contributed by atoms with Crippen LogP contribution in [0.3, 0.4) is 0 Å². The van der Waals surface area contributed by atoms with Crippen LogP contribution in [0.1, 0.15) is 56.1 Å². The second kappa shape index (κ2) is 10.5. The minimum atomic E-state index is 0.406. The Hall–Kier alpha value is -1.78. The van der Waals surface area contributed by atoms with Crippen LogP contribution >= 0.6 is 11.6 Å². The van der Waals surface area contributed by atoms with Crippen molar-refractivity contribution in [3.05, 3.63) is 52.8 Å². The number of benzene rings is 1. The highest BCUT2D eigenvalue weighted by molar-refractivity contribution is 6.32. The largest absolute Gasteiger partial charge is 0.493 e. The molecule has 5 heteroatoms. The predicted octanol–water partition coefficient (Wildman–Crippen LogP) is 5.53. The van der Waals surface area contributed by atoms with Crippen molar-refractivity contribution < 1.29 is 9.47 Å². The third-order valence-electron chi connectivity index (χ3n) is 5.10. The van der Waals surface area contributed by atoms with E-state index in [9.17, 15) is 0 Å². The van der Waals surface area contributed by atoms with Gasteiger partial charge in [-0.3, -0.25) is 4.98 Å². The van der Waals surface area contributed by atoms with Crippen molar-refractivity contribution in [2.75, 3.05) is 7.11 Å². The van der Waals surface area contributed by atoms with Gasteiger partial charge in [0, 0.05) is 30.5 Å². The third kappa shape index (κ3) is 6.12. The lowest BCUT2D eigenvalue weighted by Crippen LogP contribution is -2.29. The quantitative estimate of drug-likeness (QED) is 0.677. The van der Waals surface area contributed by atoms with Crippen LogP contribution in [0.5, 0.6) is 11.5 Å². The summed E-state index contributed by atoms with van der Waals surface area (Å²) in [4.78, 5) is 4.10. The average Bonchev–Trinajstić information content (AvgIpc) is 2.66. The molecule has 2 aromatic rings. The van der Waals surface area contributed by atoms with Crippen LogP contribution in [0.4, 0.5) is 0 Å². The Morgan fingerprint density at radius 3 is 2.59 bits per heavy atom. The van der Waals surface area contributed by atoms with Gasteiger partial charge in [0.25, 0.3) is 0 Å². The molecule has 1 fully saturated rings. The monoisotopic (exact) mass is 388 g/mol. The summed E-state index contributed by atoms with van der Waals surface area (Å²) >= 11 is 6.50. The second-order valence-electron chi connectivity index (χ2n) is 7.18. The van der Waals surface area contributed by atoms with Gasteiger partial charge < -0.3 is 14.8 Å². The standard InChI is InChI=1S/C22H29ClN2O2/c1-26-21-13-18(15-25-19-9-5-3-2-4-6-10-19)12-20(23)22(21)27-16-17-8-7-11-24-14-17/h7-8,11-14,19,25H,2-6,9-10,15-16H2,1H3. The summed E-state index contributed by atoms with van der Waals surface area (Å²) in [7, 11) is 1.65. The molecule has 0 atom stereocenters. The van der Waals surface area contributed by atoms with Crippen molar-refractivity contribution in [2.24, 2.45) is 0 Å². The number of halogens is 1. The first-order valence-corrected chi connectivity index (χ1v) is 10.3. The van der Waals surface area contributed by atoms with E-state index in [1.807, 2.05) is 24.3 Å². The molecule has 1 aliphatic rings. The van der Waals surface area contributed by atoms with E-state index in [0.29, 0.717) is 29.2 Å². The zero-order valence-electron chi connectivity index (χ0n) is 16.0. The average molecular weight is 389 g/mol. The number of nitrogens with zero attached hydrogens (tertiary/aromatic N) is 1. The topological polar surface area (TPSA) is 43.4 Å². The molecule has 0 radical (unpaired) electrons. The Morgan fingerprint density at radius 1 is 1.11 bits per heavy atom. The SMILES string of the molecule is COc1cc(CNC2CCCCCCC2)cc(Cl)c1OCc1cccnc1. The molecule has 27 heavy (non-hydrogen) atoms. The fraction of sp³-hybridized carbons (Fsp3) is 0.500. The van der Waals surface area contributed by atoms with Gasteiger partial charge in [-0.15, -0.1) is 0 Å². The minimum Gasteiger partial charge on any atom is -0.493 e. The van der Waals surface area contributed by atoms with E-state index in [1.54, 1.807) is 19.5 Å². The maximum Gasteiger partial charge on any atom is 0.180 e. The number of ether oxygens (including phenoxy) is 2. The first-order valence-electron chi connectivity index (χ1n) is 9.88. The Balaban J connectivity index is 1.62. The van der Waals surface area contributed by atoms with Gasteiger partial charge in [0.1, 0.15) is 6.61 Å². The summed E-state index contributed by atoms with van der Waals surface area (Å²) in [5, 5.41) is 4.27. The summed E-state index contributed by atoms with van der Waals surface area (Å²) in [6, 6.07) is 8.44. The lowest BCUT2D eigenvalue weighted by Gasteiger charge is -2.21. The molecule has 1 heterocycles. The number of hydrogen-bond acceptors (Lipinski definition) is 4. The smallest absolute Gasteiger partial charge is 0.180 e. The molecule has 0 unspecified atom stereocenters. The lowest BCUT2D eigenvalue weighted by molar-refractivity contribution is 0.284. The number of nitrogens with one attached hydrogen (secondary N) is 1. The van der Waals surface area contributed by atoms with Gasteiger partial charge in [-0.2, -0.15) is 0 Å². The summed E-state index contributed by atoms with van der Waals surface area (Å²) < 4.78 is 11.4. The molecular formula is C22H29ClN2O2. The molecule has 0 bridgehead atoms. The summed E-state index contributed by atoms with van der Waals surface area (Å²) in [5.74, 6) is 1.25.